The van der Waals surface area contributed by atoms with Gasteiger partial charge < -0.3 is 66.6 Å². The van der Waals surface area contributed by atoms with E-state index in [1.165, 1.54) is 25.7 Å². The SMILES string of the molecule is CCC.CO[C@@H]1CN(C2CCO[C@@H](C)[C@H]2O)CCO1.COc1cccc2c1C(=O)c1c(O)c3c(c(O)c1C2=O)CC(C(=O)NCc1ccc(NC(=O)C(CCCNC(N)=O)NC(=O)CNC(=O)CCN2C(=O)C=CC2=O)cc1)CC3. The van der Waals surface area contributed by atoms with Crippen molar-refractivity contribution in [2.45, 2.75) is 109 Å². The summed E-state index contributed by atoms with van der Waals surface area (Å²) in [5.74, 6) is -5.91. The van der Waals surface area contributed by atoms with Gasteiger partial charge in [0.05, 0.1) is 49.2 Å². The molecule has 3 unspecified atom stereocenters. The number of nitrogens with one attached hydrogen (secondary N) is 5. The summed E-state index contributed by atoms with van der Waals surface area (Å²) in [5.41, 5.74) is 6.11. The lowest BCUT2D eigenvalue weighted by atomic mass is 9.75. The van der Waals surface area contributed by atoms with E-state index in [-0.39, 0.29) is 110 Å². The van der Waals surface area contributed by atoms with E-state index in [2.05, 4.69) is 45.3 Å². The Bertz CT molecular complexity index is 2810. The molecule has 8 rings (SSSR count). The Kier molecular flexibility index (Phi) is 22.2. The van der Waals surface area contributed by atoms with E-state index >= 15 is 0 Å². The van der Waals surface area contributed by atoms with Gasteiger partial charge in [-0.05, 0) is 69.2 Å². The minimum Gasteiger partial charge on any atom is -0.507 e. The Morgan fingerprint density at radius 3 is 2.20 bits per heavy atom. The van der Waals surface area contributed by atoms with Crippen molar-refractivity contribution in [3.63, 3.8) is 0 Å². The number of phenolic OH excluding ortho intramolecular Hbond substituents is 2. The van der Waals surface area contributed by atoms with Gasteiger partial charge in [-0.25, -0.2) is 4.79 Å². The van der Waals surface area contributed by atoms with Crippen LogP contribution in [0.1, 0.15) is 108 Å². The smallest absolute Gasteiger partial charge is 0.312 e. The predicted octanol–water partition coefficient (Wildman–Crippen LogP) is 1.85. The number of ether oxygens (including phenoxy) is 4. The first-order valence-corrected chi connectivity index (χ1v) is 26.7. The first-order chi connectivity index (χ1) is 38.3. The highest BCUT2D eigenvalue weighted by molar-refractivity contribution is 6.31. The topological polar surface area (TPSA) is 344 Å². The highest BCUT2D eigenvalue weighted by Crippen LogP contribution is 2.47. The predicted molar refractivity (Wildman–Crippen MR) is 288 cm³/mol. The Labute approximate surface area is 463 Å². The summed E-state index contributed by atoms with van der Waals surface area (Å²) in [6.45, 7) is 8.70. The quantitative estimate of drug-likeness (QED) is 0.0390. The van der Waals surface area contributed by atoms with Gasteiger partial charge in [0.25, 0.3) is 11.8 Å². The second kappa shape index (κ2) is 28.9. The highest BCUT2D eigenvalue weighted by Gasteiger charge is 2.42. The Morgan fingerprint density at radius 2 is 1.52 bits per heavy atom. The molecule has 5 aliphatic rings. The zero-order valence-electron chi connectivity index (χ0n) is 45.6. The van der Waals surface area contributed by atoms with Crippen LogP contribution in [0.2, 0.25) is 0 Å². The Balaban J connectivity index is 0.000000457. The average molecular weight is 1110 g/mol. The van der Waals surface area contributed by atoms with Crippen LogP contribution in [-0.2, 0) is 62.4 Å². The number of carbonyl (C=O) groups is 9. The van der Waals surface area contributed by atoms with Crippen LogP contribution in [0.5, 0.6) is 17.2 Å². The second-order valence-electron chi connectivity index (χ2n) is 19.7. The molecular weight excluding hydrogens is 1040 g/mol. The zero-order chi connectivity index (χ0) is 58.2. The van der Waals surface area contributed by atoms with Crippen molar-refractivity contribution < 1.29 is 77.4 Å². The van der Waals surface area contributed by atoms with E-state index in [9.17, 15) is 58.5 Å². The summed E-state index contributed by atoms with van der Waals surface area (Å²) in [6.07, 6.45) is 4.23. The number of anilines is 1. The molecule has 80 heavy (non-hydrogen) atoms. The molecule has 0 aromatic heterocycles. The number of hydrogen-bond donors (Lipinski definition) is 9. The number of methoxy groups -OCH3 is 2. The maximum absolute atomic E-state index is 13.6. The lowest BCUT2D eigenvalue weighted by Crippen LogP contribution is -2.57. The summed E-state index contributed by atoms with van der Waals surface area (Å²) in [7, 11) is 3.01. The number of urea groups is 1. The van der Waals surface area contributed by atoms with Crippen LogP contribution in [0.25, 0.3) is 0 Å². The molecule has 3 aromatic carbocycles. The van der Waals surface area contributed by atoms with Gasteiger partial charge in [0.2, 0.25) is 29.4 Å². The Morgan fingerprint density at radius 1 is 0.838 bits per heavy atom. The van der Waals surface area contributed by atoms with Gasteiger partial charge >= 0.3 is 6.03 Å². The van der Waals surface area contributed by atoms with Gasteiger partial charge in [-0.2, -0.15) is 0 Å². The number of aliphatic hydroxyl groups is 1. The molecule has 2 aliphatic carbocycles. The Hall–Kier alpha value is -7.77. The zero-order valence-corrected chi connectivity index (χ0v) is 45.6. The highest BCUT2D eigenvalue weighted by atomic mass is 16.7. The average Bonchev–Trinajstić information content (AvgIpc) is 3.95. The third-order valence-electron chi connectivity index (χ3n) is 14.1. The van der Waals surface area contributed by atoms with Crippen LogP contribution in [0.3, 0.4) is 0 Å². The number of carbonyl (C=O) groups excluding carboxylic acids is 9. The fourth-order valence-corrected chi connectivity index (χ4v) is 9.90. The number of morpholine rings is 1. The molecule has 0 spiro atoms. The van der Waals surface area contributed by atoms with E-state index in [0.717, 1.165) is 43.2 Å². The lowest BCUT2D eigenvalue weighted by Gasteiger charge is -2.43. The summed E-state index contributed by atoms with van der Waals surface area (Å²) in [6, 6.07) is 9.35. The first kappa shape index (κ1) is 61.4. The molecule has 8 amide bonds. The number of phenols is 2. The first-order valence-electron chi connectivity index (χ1n) is 26.7. The van der Waals surface area contributed by atoms with Crippen LogP contribution in [0.15, 0.2) is 54.6 Å². The third kappa shape index (κ3) is 15.3. The standard InChI is InChI=1S/C42H43N7O12.C11H21NO4.C3H8/c1-61-28-6-2-4-25-33(28)39(57)35-34(37(25)55)38(56)26-18-22(9-12-24(26)36(35)54)40(58)46-19-21-7-10-23(11-8-21)47-41(59)27(5-3-16-44-42(43)60)48-30(51)20-45-29(50)15-17-49-31(52)13-14-32(49)53;1-8-11(13)9(3-5-15-8)12-4-6-16-10(7-12)14-2;1-3-2/h2,4,6-8,10-11,13-14,22,27,54,56H,3,5,9,12,15-20H2,1H3,(H,45,50)(H,46,58)(H,47,59)(H,48,51)(H3,43,44,60);8-11,13H,3-7H2,1-2H3;3H2,1-2H3/t;8-,9?,10-,11+;/m.0./s1. The monoisotopic (exact) mass is 1110 g/mol. The summed E-state index contributed by atoms with van der Waals surface area (Å²) < 4.78 is 21.3. The molecular formula is C56H72N8O16. The third-order valence-corrected chi connectivity index (χ3v) is 14.1. The molecule has 24 nitrogen and oxygen atoms in total. The van der Waals surface area contributed by atoms with Gasteiger partial charge in [0, 0.05) is 99.4 Å². The lowest BCUT2D eigenvalue weighted by molar-refractivity contribution is -0.190. The van der Waals surface area contributed by atoms with E-state index in [0.29, 0.717) is 29.8 Å². The second-order valence-corrected chi connectivity index (χ2v) is 19.7. The van der Waals surface area contributed by atoms with Gasteiger partial charge in [-0.15, -0.1) is 0 Å². The van der Waals surface area contributed by atoms with E-state index in [1.807, 2.05) is 6.92 Å². The van der Waals surface area contributed by atoms with Crippen molar-refractivity contribution in [1.82, 2.24) is 31.1 Å². The minimum absolute atomic E-state index is 0.00474. The maximum atomic E-state index is 13.6. The largest absolute Gasteiger partial charge is 0.507 e. The summed E-state index contributed by atoms with van der Waals surface area (Å²) in [4.78, 5) is 116. The maximum Gasteiger partial charge on any atom is 0.312 e. The van der Waals surface area contributed by atoms with Crippen LogP contribution < -0.4 is 37.1 Å². The summed E-state index contributed by atoms with van der Waals surface area (Å²) >= 11 is 0. The molecule has 10 N–H and O–H groups in total. The number of fused-ring (bicyclic) bond motifs is 3. The van der Waals surface area contributed by atoms with Crippen LogP contribution in [0, 0.1) is 5.92 Å². The molecule has 2 fully saturated rings. The molecule has 0 saturated carbocycles. The van der Waals surface area contributed by atoms with Gasteiger partial charge in [-0.3, -0.25) is 48.2 Å². The van der Waals surface area contributed by atoms with Crippen molar-refractivity contribution in [1.29, 1.82) is 0 Å². The number of ketones is 2. The fourth-order valence-electron chi connectivity index (χ4n) is 9.90. The van der Waals surface area contributed by atoms with Crippen molar-refractivity contribution in [2.24, 2.45) is 11.7 Å². The molecule has 432 valence electrons. The van der Waals surface area contributed by atoms with Gasteiger partial charge in [-0.1, -0.05) is 44.5 Å². The molecule has 3 heterocycles. The molecule has 3 aliphatic heterocycles. The minimum atomic E-state index is -1.09. The number of aliphatic hydroxyl groups excluding tert-OH is 1. The van der Waals surface area contributed by atoms with Crippen molar-refractivity contribution >= 4 is 58.7 Å². The van der Waals surface area contributed by atoms with Crippen LogP contribution >= 0.6 is 0 Å². The van der Waals surface area contributed by atoms with Gasteiger partial charge in [0.15, 0.2) is 12.1 Å². The number of amides is 8. The number of rotatable bonds is 18. The van der Waals surface area contributed by atoms with Crippen LogP contribution in [-0.4, -0.2) is 169 Å². The number of nitrogens with zero attached hydrogens (tertiary/aromatic N) is 2. The molecule has 24 heteroatoms. The van der Waals surface area contributed by atoms with Crippen molar-refractivity contribution in [2.75, 3.05) is 65.5 Å². The number of hydrogen-bond acceptors (Lipinski definition) is 17. The van der Waals surface area contributed by atoms with E-state index in [1.54, 1.807) is 37.4 Å². The fraction of sp³-hybridized carbons (Fsp3) is 0.482. The van der Waals surface area contributed by atoms with Crippen molar-refractivity contribution in [3.05, 3.63) is 93.6 Å². The number of primary amides is 1. The van der Waals surface area contributed by atoms with Crippen LogP contribution in [0.4, 0.5) is 10.5 Å². The van der Waals surface area contributed by atoms with E-state index < -0.39 is 83.2 Å². The molecule has 0 radical (unpaired) electrons. The van der Waals surface area contributed by atoms with Crippen molar-refractivity contribution in [3.8, 4) is 17.2 Å². The number of benzene rings is 3. The van der Waals surface area contributed by atoms with Gasteiger partial charge in [0.1, 0.15) is 23.3 Å². The molecule has 3 aromatic rings. The number of nitrogens with two attached hydrogens (primary N) is 1. The molecule has 0 bridgehead atoms. The normalized spacial score (nSPS) is 20.5. The number of aromatic hydroxyl groups is 2. The van der Waals surface area contributed by atoms with E-state index in [4.69, 9.17) is 24.7 Å². The molecule has 6 atom stereocenters. The summed E-state index contributed by atoms with van der Waals surface area (Å²) in [5, 5.41) is 45.6. The number of imide groups is 1. The molecule has 2 saturated heterocycles.